The SMILES string of the molecule is C=CCOc1ccc(C=CCO)cc1. The van der Waals surface area contributed by atoms with Crippen LogP contribution in [0.1, 0.15) is 5.56 Å². The van der Waals surface area contributed by atoms with Gasteiger partial charge in [0.1, 0.15) is 12.4 Å². The summed E-state index contributed by atoms with van der Waals surface area (Å²) in [6.07, 6.45) is 5.26. The average Bonchev–Trinajstić information content (AvgIpc) is 2.25. The van der Waals surface area contributed by atoms with Crippen molar-refractivity contribution in [2.75, 3.05) is 13.2 Å². The molecule has 0 spiro atoms. The van der Waals surface area contributed by atoms with Crippen molar-refractivity contribution in [3.63, 3.8) is 0 Å². The Morgan fingerprint density at radius 1 is 1.29 bits per heavy atom. The minimum absolute atomic E-state index is 0.0642. The minimum Gasteiger partial charge on any atom is -0.490 e. The van der Waals surface area contributed by atoms with Crippen molar-refractivity contribution in [1.29, 1.82) is 0 Å². The molecule has 0 aliphatic rings. The van der Waals surface area contributed by atoms with Crippen molar-refractivity contribution in [3.05, 3.63) is 48.6 Å². The number of aliphatic hydroxyl groups excluding tert-OH is 1. The molecule has 1 aromatic rings. The Labute approximate surface area is 84.1 Å². The molecule has 0 aliphatic heterocycles. The Hall–Kier alpha value is -1.54. The van der Waals surface area contributed by atoms with Crippen LogP contribution in [-0.2, 0) is 0 Å². The molecule has 74 valence electrons. The molecule has 14 heavy (non-hydrogen) atoms. The highest BCUT2D eigenvalue weighted by atomic mass is 16.5. The van der Waals surface area contributed by atoms with Crippen LogP contribution < -0.4 is 4.74 Å². The summed E-state index contributed by atoms with van der Waals surface area (Å²) in [4.78, 5) is 0. The zero-order valence-corrected chi connectivity index (χ0v) is 8.02. The van der Waals surface area contributed by atoms with Gasteiger partial charge >= 0.3 is 0 Å². The Bertz CT molecular complexity index is 299. The highest BCUT2D eigenvalue weighted by molar-refractivity contribution is 5.50. The van der Waals surface area contributed by atoms with Gasteiger partial charge in [-0.1, -0.05) is 36.9 Å². The lowest BCUT2D eigenvalue weighted by atomic mass is 10.2. The van der Waals surface area contributed by atoms with Crippen molar-refractivity contribution < 1.29 is 9.84 Å². The molecule has 2 nitrogen and oxygen atoms in total. The lowest BCUT2D eigenvalue weighted by molar-refractivity contribution is 0.343. The van der Waals surface area contributed by atoms with E-state index in [9.17, 15) is 0 Å². The van der Waals surface area contributed by atoms with Gasteiger partial charge in [-0.3, -0.25) is 0 Å². The molecule has 0 bridgehead atoms. The Morgan fingerprint density at radius 3 is 2.57 bits per heavy atom. The molecule has 0 saturated heterocycles. The molecular formula is C12H14O2. The predicted octanol–water partition coefficient (Wildman–Crippen LogP) is 2.26. The molecule has 0 fully saturated rings. The summed E-state index contributed by atoms with van der Waals surface area (Å²) < 4.78 is 5.32. The summed E-state index contributed by atoms with van der Waals surface area (Å²) in [6.45, 7) is 4.15. The summed E-state index contributed by atoms with van der Waals surface area (Å²) in [5, 5.41) is 8.58. The molecule has 0 amide bonds. The normalized spacial score (nSPS) is 10.4. The van der Waals surface area contributed by atoms with E-state index < -0.39 is 0 Å². The summed E-state index contributed by atoms with van der Waals surface area (Å²) in [6, 6.07) is 7.65. The molecule has 1 N–H and O–H groups in total. The van der Waals surface area contributed by atoms with Gasteiger partial charge in [-0.25, -0.2) is 0 Å². The highest BCUT2D eigenvalue weighted by Gasteiger charge is 1.90. The summed E-state index contributed by atoms with van der Waals surface area (Å²) >= 11 is 0. The van der Waals surface area contributed by atoms with E-state index in [0.717, 1.165) is 11.3 Å². The monoisotopic (exact) mass is 190 g/mol. The lowest BCUT2D eigenvalue weighted by Gasteiger charge is -2.02. The zero-order valence-electron chi connectivity index (χ0n) is 8.02. The Balaban J connectivity index is 2.58. The van der Waals surface area contributed by atoms with Crippen LogP contribution in [0.4, 0.5) is 0 Å². The van der Waals surface area contributed by atoms with Gasteiger partial charge in [-0.2, -0.15) is 0 Å². The summed E-state index contributed by atoms with van der Waals surface area (Å²) in [5.74, 6) is 0.825. The molecule has 0 saturated carbocycles. The van der Waals surface area contributed by atoms with Gasteiger partial charge in [-0.05, 0) is 17.7 Å². The molecule has 0 aromatic heterocycles. The van der Waals surface area contributed by atoms with Gasteiger partial charge in [0.2, 0.25) is 0 Å². The maximum atomic E-state index is 8.58. The van der Waals surface area contributed by atoms with Crippen LogP contribution in [0.25, 0.3) is 6.08 Å². The second kappa shape index (κ2) is 6.00. The van der Waals surface area contributed by atoms with Gasteiger partial charge in [0, 0.05) is 0 Å². The van der Waals surface area contributed by atoms with Gasteiger partial charge < -0.3 is 9.84 Å². The topological polar surface area (TPSA) is 29.5 Å². The molecule has 0 heterocycles. The standard InChI is InChI=1S/C12H14O2/c1-2-10-14-12-7-5-11(6-8-12)4-3-9-13/h2-8,13H,1,9-10H2. The van der Waals surface area contributed by atoms with Gasteiger partial charge in [-0.15, -0.1) is 0 Å². The fourth-order valence-corrected chi connectivity index (χ4v) is 1.02. The smallest absolute Gasteiger partial charge is 0.119 e. The van der Waals surface area contributed by atoms with Crippen LogP contribution in [0.3, 0.4) is 0 Å². The first-order valence-electron chi connectivity index (χ1n) is 4.48. The quantitative estimate of drug-likeness (QED) is 0.722. The number of hydrogen-bond donors (Lipinski definition) is 1. The number of aliphatic hydroxyl groups is 1. The Morgan fingerprint density at radius 2 is 2.00 bits per heavy atom. The maximum absolute atomic E-state index is 8.58. The fourth-order valence-electron chi connectivity index (χ4n) is 1.02. The van der Waals surface area contributed by atoms with Crippen LogP contribution in [0.2, 0.25) is 0 Å². The van der Waals surface area contributed by atoms with Crippen molar-refractivity contribution >= 4 is 6.08 Å². The third kappa shape index (κ3) is 3.46. The molecule has 1 aromatic carbocycles. The number of rotatable bonds is 5. The van der Waals surface area contributed by atoms with Gasteiger partial charge in [0.25, 0.3) is 0 Å². The van der Waals surface area contributed by atoms with Crippen LogP contribution in [0.15, 0.2) is 43.0 Å². The lowest BCUT2D eigenvalue weighted by Crippen LogP contribution is -1.91. The van der Waals surface area contributed by atoms with E-state index in [1.54, 1.807) is 12.2 Å². The van der Waals surface area contributed by atoms with E-state index in [2.05, 4.69) is 6.58 Å². The van der Waals surface area contributed by atoms with E-state index >= 15 is 0 Å². The zero-order chi connectivity index (χ0) is 10.2. The summed E-state index contributed by atoms with van der Waals surface area (Å²) in [5.41, 5.74) is 1.05. The molecule has 1 rings (SSSR count). The van der Waals surface area contributed by atoms with Crippen LogP contribution in [0, 0.1) is 0 Å². The van der Waals surface area contributed by atoms with E-state index in [1.165, 1.54) is 0 Å². The first-order valence-corrected chi connectivity index (χ1v) is 4.48. The van der Waals surface area contributed by atoms with Crippen molar-refractivity contribution in [3.8, 4) is 5.75 Å². The number of ether oxygens (including phenoxy) is 1. The molecule has 2 heteroatoms. The average molecular weight is 190 g/mol. The Kier molecular flexibility index (Phi) is 4.51. The largest absolute Gasteiger partial charge is 0.490 e. The van der Waals surface area contributed by atoms with E-state index in [4.69, 9.17) is 9.84 Å². The summed E-state index contributed by atoms with van der Waals surface area (Å²) in [7, 11) is 0. The maximum Gasteiger partial charge on any atom is 0.119 e. The second-order valence-electron chi connectivity index (χ2n) is 2.75. The molecule has 0 atom stereocenters. The van der Waals surface area contributed by atoms with E-state index in [0.29, 0.717) is 6.61 Å². The molecular weight excluding hydrogens is 176 g/mol. The third-order valence-electron chi connectivity index (χ3n) is 1.66. The fraction of sp³-hybridized carbons (Fsp3) is 0.167. The van der Waals surface area contributed by atoms with Crippen molar-refractivity contribution in [2.24, 2.45) is 0 Å². The van der Waals surface area contributed by atoms with Crippen LogP contribution >= 0.6 is 0 Å². The molecule has 0 radical (unpaired) electrons. The van der Waals surface area contributed by atoms with Gasteiger partial charge in [0.15, 0.2) is 0 Å². The minimum atomic E-state index is 0.0642. The first kappa shape index (κ1) is 10.5. The third-order valence-corrected chi connectivity index (χ3v) is 1.66. The van der Waals surface area contributed by atoms with Crippen molar-refractivity contribution in [1.82, 2.24) is 0 Å². The predicted molar refractivity (Wildman–Crippen MR) is 58.3 cm³/mol. The number of benzene rings is 1. The van der Waals surface area contributed by atoms with Crippen LogP contribution in [0.5, 0.6) is 5.75 Å². The highest BCUT2D eigenvalue weighted by Crippen LogP contribution is 2.12. The number of hydrogen-bond acceptors (Lipinski definition) is 2. The van der Waals surface area contributed by atoms with Gasteiger partial charge in [0.05, 0.1) is 6.61 Å². The van der Waals surface area contributed by atoms with E-state index in [-0.39, 0.29) is 6.61 Å². The second-order valence-corrected chi connectivity index (χ2v) is 2.75. The van der Waals surface area contributed by atoms with Crippen molar-refractivity contribution in [2.45, 2.75) is 0 Å². The molecule has 0 unspecified atom stereocenters. The first-order chi connectivity index (χ1) is 6.86. The van der Waals surface area contributed by atoms with Crippen LogP contribution in [-0.4, -0.2) is 18.3 Å². The molecule has 0 aliphatic carbocycles. The van der Waals surface area contributed by atoms with E-state index in [1.807, 2.05) is 30.3 Å².